The van der Waals surface area contributed by atoms with Gasteiger partial charge in [-0.05, 0) is 24.6 Å². The Hall–Kier alpha value is -1.73. The number of nitrogens with one attached hydrogen (secondary N) is 1. The molecule has 0 saturated heterocycles. The molecule has 2 aromatic rings. The van der Waals surface area contributed by atoms with Gasteiger partial charge in [0.05, 0.1) is 12.7 Å². The van der Waals surface area contributed by atoms with Gasteiger partial charge in [0.25, 0.3) is 5.91 Å². The molecular formula is C12H14BrN5O. The molecular weight excluding hydrogens is 310 g/mol. The van der Waals surface area contributed by atoms with Gasteiger partial charge in [-0.1, -0.05) is 27.2 Å². The number of carbonyl (C=O) groups excluding carboxylic acids is 1. The van der Waals surface area contributed by atoms with E-state index in [1.807, 2.05) is 25.1 Å². The minimum Gasteiger partial charge on any atom is -0.329 e. The zero-order chi connectivity index (χ0) is 13.8. The van der Waals surface area contributed by atoms with Gasteiger partial charge in [-0.15, -0.1) is 5.10 Å². The van der Waals surface area contributed by atoms with E-state index in [0.29, 0.717) is 18.8 Å². The smallest absolute Gasteiger partial charge is 0.277 e. The van der Waals surface area contributed by atoms with Gasteiger partial charge in [0, 0.05) is 16.7 Å². The van der Waals surface area contributed by atoms with Gasteiger partial charge in [-0.25, -0.2) is 0 Å². The molecule has 1 aromatic carbocycles. The Morgan fingerprint density at radius 2 is 2.32 bits per heavy atom. The Morgan fingerprint density at radius 3 is 3.00 bits per heavy atom. The number of anilines is 1. The Morgan fingerprint density at radius 1 is 1.53 bits per heavy atom. The van der Waals surface area contributed by atoms with Crippen LogP contribution in [0.2, 0.25) is 0 Å². The van der Waals surface area contributed by atoms with Crippen LogP contribution in [0.3, 0.4) is 0 Å². The molecule has 0 unspecified atom stereocenters. The van der Waals surface area contributed by atoms with E-state index in [9.17, 15) is 4.79 Å². The third-order valence-corrected chi connectivity index (χ3v) is 3.41. The van der Waals surface area contributed by atoms with E-state index >= 15 is 0 Å². The largest absolute Gasteiger partial charge is 0.329 e. The number of hydrogen-bond acceptors (Lipinski definition) is 4. The lowest BCUT2D eigenvalue weighted by atomic mass is 10.2. The maximum Gasteiger partial charge on any atom is 0.277 e. The van der Waals surface area contributed by atoms with Gasteiger partial charge in [-0.3, -0.25) is 9.48 Å². The molecule has 0 aliphatic carbocycles. The molecule has 100 valence electrons. The number of hydrogen-bond donors (Lipinski definition) is 2. The summed E-state index contributed by atoms with van der Waals surface area (Å²) in [6.07, 6.45) is 1.57. The predicted octanol–water partition coefficient (Wildman–Crippen LogP) is 1.56. The van der Waals surface area contributed by atoms with Crippen molar-refractivity contribution in [1.29, 1.82) is 0 Å². The molecule has 1 aromatic heterocycles. The Balaban J connectivity index is 2.09. The van der Waals surface area contributed by atoms with Gasteiger partial charge in [0.2, 0.25) is 0 Å². The number of halogens is 1. The second kappa shape index (κ2) is 5.94. The van der Waals surface area contributed by atoms with Crippen LogP contribution in [0.4, 0.5) is 5.69 Å². The normalized spacial score (nSPS) is 10.5. The van der Waals surface area contributed by atoms with Crippen LogP contribution in [0.5, 0.6) is 0 Å². The number of amides is 1. The Kier molecular flexibility index (Phi) is 4.28. The van der Waals surface area contributed by atoms with E-state index < -0.39 is 0 Å². The van der Waals surface area contributed by atoms with E-state index in [1.54, 1.807) is 10.9 Å². The maximum absolute atomic E-state index is 12.0. The van der Waals surface area contributed by atoms with Crippen molar-refractivity contribution < 1.29 is 4.79 Å². The highest BCUT2D eigenvalue weighted by Crippen LogP contribution is 2.20. The van der Waals surface area contributed by atoms with Crippen molar-refractivity contribution in [3.05, 3.63) is 40.1 Å². The van der Waals surface area contributed by atoms with Crippen LogP contribution >= 0.6 is 15.9 Å². The van der Waals surface area contributed by atoms with Crippen molar-refractivity contribution in [1.82, 2.24) is 15.0 Å². The first-order valence-electron chi connectivity index (χ1n) is 5.78. The van der Waals surface area contributed by atoms with Gasteiger partial charge in [0.1, 0.15) is 0 Å². The molecule has 7 heteroatoms. The first-order chi connectivity index (χ1) is 9.10. The van der Waals surface area contributed by atoms with Crippen molar-refractivity contribution in [2.75, 3.05) is 11.9 Å². The number of nitrogens with zero attached hydrogens (tertiary/aromatic N) is 3. The highest BCUT2D eigenvalue weighted by molar-refractivity contribution is 9.10. The van der Waals surface area contributed by atoms with Crippen LogP contribution in [0.25, 0.3) is 0 Å². The van der Waals surface area contributed by atoms with Gasteiger partial charge in [-0.2, -0.15) is 0 Å². The number of rotatable bonds is 4. The van der Waals surface area contributed by atoms with Crippen LogP contribution in [0.15, 0.2) is 28.9 Å². The summed E-state index contributed by atoms with van der Waals surface area (Å²) in [4.78, 5) is 12.0. The molecule has 0 bridgehead atoms. The molecule has 0 fully saturated rings. The van der Waals surface area contributed by atoms with Crippen molar-refractivity contribution in [2.45, 2.75) is 13.5 Å². The molecule has 1 heterocycles. The molecule has 0 aliphatic heterocycles. The van der Waals surface area contributed by atoms with Gasteiger partial charge in [0.15, 0.2) is 5.69 Å². The third-order valence-electron chi connectivity index (χ3n) is 2.56. The fourth-order valence-electron chi connectivity index (χ4n) is 1.51. The monoisotopic (exact) mass is 323 g/mol. The SMILES string of the molecule is Cc1ccc(NC(=O)c2cn(CCN)nn2)cc1Br. The number of aromatic nitrogens is 3. The van der Waals surface area contributed by atoms with E-state index in [4.69, 9.17) is 5.73 Å². The van der Waals surface area contributed by atoms with Crippen molar-refractivity contribution in [2.24, 2.45) is 5.73 Å². The molecule has 19 heavy (non-hydrogen) atoms. The summed E-state index contributed by atoms with van der Waals surface area (Å²) in [7, 11) is 0. The molecule has 6 nitrogen and oxygen atoms in total. The zero-order valence-corrected chi connectivity index (χ0v) is 12.0. The molecule has 2 rings (SSSR count). The summed E-state index contributed by atoms with van der Waals surface area (Å²) in [5.74, 6) is -0.293. The fraction of sp³-hybridized carbons (Fsp3) is 0.250. The maximum atomic E-state index is 12.0. The minimum atomic E-state index is -0.293. The van der Waals surface area contributed by atoms with E-state index in [1.165, 1.54) is 0 Å². The molecule has 0 aliphatic rings. The first-order valence-corrected chi connectivity index (χ1v) is 6.57. The Labute approximate surface area is 119 Å². The third kappa shape index (κ3) is 3.39. The van der Waals surface area contributed by atoms with Crippen molar-refractivity contribution in [3.8, 4) is 0 Å². The molecule has 1 amide bonds. The van der Waals surface area contributed by atoms with Gasteiger partial charge >= 0.3 is 0 Å². The van der Waals surface area contributed by atoms with Crippen LogP contribution < -0.4 is 11.1 Å². The molecule has 3 N–H and O–H groups in total. The van der Waals surface area contributed by atoms with E-state index in [-0.39, 0.29) is 11.6 Å². The summed E-state index contributed by atoms with van der Waals surface area (Å²) < 4.78 is 2.48. The zero-order valence-electron chi connectivity index (χ0n) is 10.4. The fourth-order valence-corrected chi connectivity index (χ4v) is 1.89. The number of benzene rings is 1. The first kappa shape index (κ1) is 13.7. The van der Waals surface area contributed by atoms with Crippen molar-refractivity contribution >= 4 is 27.5 Å². The summed E-state index contributed by atoms with van der Waals surface area (Å²) in [6, 6.07) is 5.60. The van der Waals surface area contributed by atoms with Gasteiger partial charge < -0.3 is 11.1 Å². The highest BCUT2D eigenvalue weighted by atomic mass is 79.9. The molecule has 0 spiro atoms. The highest BCUT2D eigenvalue weighted by Gasteiger charge is 2.11. The van der Waals surface area contributed by atoms with E-state index in [0.717, 1.165) is 10.0 Å². The topological polar surface area (TPSA) is 85.8 Å². The quantitative estimate of drug-likeness (QED) is 0.894. The average Bonchev–Trinajstić information content (AvgIpc) is 2.83. The lowest BCUT2D eigenvalue weighted by Crippen LogP contribution is -2.13. The van der Waals surface area contributed by atoms with E-state index in [2.05, 4.69) is 31.6 Å². The van der Waals surface area contributed by atoms with Crippen LogP contribution in [0, 0.1) is 6.92 Å². The summed E-state index contributed by atoms with van der Waals surface area (Å²) >= 11 is 3.42. The number of carbonyl (C=O) groups is 1. The molecule has 0 saturated carbocycles. The molecule has 0 radical (unpaired) electrons. The Bertz CT molecular complexity index is 596. The summed E-state index contributed by atoms with van der Waals surface area (Å²) in [5.41, 5.74) is 7.48. The van der Waals surface area contributed by atoms with Crippen molar-refractivity contribution in [3.63, 3.8) is 0 Å². The standard InChI is InChI=1S/C12H14BrN5O/c1-8-2-3-9(6-10(8)13)15-12(19)11-7-18(5-4-14)17-16-11/h2-3,6-7H,4-5,14H2,1H3,(H,15,19). The minimum absolute atomic E-state index is 0.269. The summed E-state index contributed by atoms with van der Waals surface area (Å²) in [5, 5.41) is 10.4. The predicted molar refractivity (Wildman–Crippen MR) is 75.9 cm³/mol. The summed E-state index contributed by atoms with van der Waals surface area (Å²) in [6.45, 7) is 2.97. The lowest BCUT2D eigenvalue weighted by Gasteiger charge is -2.05. The average molecular weight is 324 g/mol. The van der Waals surface area contributed by atoms with Crippen LogP contribution in [-0.2, 0) is 6.54 Å². The second-order valence-electron chi connectivity index (χ2n) is 4.07. The molecule has 0 atom stereocenters. The van der Waals surface area contributed by atoms with Crippen LogP contribution in [-0.4, -0.2) is 27.4 Å². The number of aryl methyl sites for hydroxylation is 1. The second-order valence-corrected chi connectivity index (χ2v) is 4.93. The lowest BCUT2D eigenvalue weighted by molar-refractivity contribution is 0.102. The van der Waals surface area contributed by atoms with Crippen LogP contribution in [0.1, 0.15) is 16.1 Å². The number of nitrogens with two attached hydrogens (primary N) is 1.